The molecule has 0 aliphatic carbocycles. The molecule has 0 amide bonds. The number of hydrogen-bond acceptors (Lipinski definition) is 3. The maximum absolute atomic E-state index is 13.0. The van der Waals surface area contributed by atoms with Gasteiger partial charge in [-0.3, -0.25) is 0 Å². The Morgan fingerprint density at radius 1 is 1.60 bits per heavy atom. The second-order valence-corrected chi connectivity index (χ2v) is 4.87. The van der Waals surface area contributed by atoms with Gasteiger partial charge in [-0.1, -0.05) is 0 Å². The molecule has 1 heterocycles. The van der Waals surface area contributed by atoms with E-state index in [4.69, 9.17) is 5.26 Å². The van der Waals surface area contributed by atoms with E-state index in [1.165, 1.54) is 12.1 Å². The fraction of sp³-hybridized carbons (Fsp3) is 0.364. The molecule has 0 saturated carbocycles. The molecule has 0 aromatic heterocycles. The van der Waals surface area contributed by atoms with Crippen molar-refractivity contribution >= 4 is 17.4 Å². The molecule has 1 aliphatic rings. The van der Waals surface area contributed by atoms with Crippen LogP contribution in [0.4, 0.5) is 10.1 Å². The number of nitrogens with one attached hydrogen (secondary N) is 1. The zero-order chi connectivity index (χ0) is 10.8. The molecule has 0 saturated heterocycles. The van der Waals surface area contributed by atoms with Gasteiger partial charge in [0, 0.05) is 22.6 Å². The third-order valence-corrected chi connectivity index (χ3v) is 3.94. The van der Waals surface area contributed by atoms with Crippen LogP contribution in [0.1, 0.15) is 13.3 Å². The number of nitrogens with zero attached hydrogens (tertiary/aromatic N) is 1. The summed E-state index contributed by atoms with van der Waals surface area (Å²) in [6, 6.07) is 7.09. The molecular formula is C11H11FN2S. The maximum Gasteiger partial charge on any atom is 0.125 e. The Kier molecular flexibility index (Phi) is 2.83. The van der Waals surface area contributed by atoms with E-state index < -0.39 is 0 Å². The van der Waals surface area contributed by atoms with Gasteiger partial charge in [0.1, 0.15) is 5.82 Å². The van der Waals surface area contributed by atoms with Crippen LogP contribution in [0.5, 0.6) is 0 Å². The van der Waals surface area contributed by atoms with Crippen molar-refractivity contribution in [3.05, 3.63) is 24.0 Å². The normalized spacial score (nSPS) is 23.8. The van der Waals surface area contributed by atoms with Crippen LogP contribution in [0.25, 0.3) is 0 Å². The van der Waals surface area contributed by atoms with Crippen molar-refractivity contribution in [2.75, 3.05) is 5.32 Å². The highest BCUT2D eigenvalue weighted by Gasteiger charge is 2.25. The monoisotopic (exact) mass is 222 g/mol. The first-order valence-electron chi connectivity index (χ1n) is 4.80. The third-order valence-electron chi connectivity index (χ3n) is 2.45. The Bertz CT molecular complexity index is 414. The summed E-state index contributed by atoms with van der Waals surface area (Å²) in [6.45, 7) is 2.02. The van der Waals surface area contributed by atoms with Crippen LogP contribution in [-0.2, 0) is 0 Å². The van der Waals surface area contributed by atoms with E-state index in [0.29, 0.717) is 6.42 Å². The predicted molar refractivity (Wildman–Crippen MR) is 59.4 cm³/mol. The summed E-state index contributed by atoms with van der Waals surface area (Å²) in [4.78, 5) is 1.02. The van der Waals surface area contributed by atoms with Gasteiger partial charge in [-0.05, 0) is 25.1 Å². The quantitative estimate of drug-likeness (QED) is 0.793. The van der Waals surface area contributed by atoms with Crippen LogP contribution in [0.15, 0.2) is 23.1 Å². The van der Waals surface area contributed by atoms with Gasteiger partial charge in [0.25, 0.3) is 0 Å². The zero-order valence-electron chi connectivity index (χ0n) is 8.33. The van der Waals surface area contributed by atoms with Crippen molar-refractivity contribution in [1.29, 1.82) is 5.26 Å². The molecule has 1 N–H and O–H groups in total. The van der Waals surface area contributed by atoms with Gasteiger partial charge in [-0.15, -0.1) is 11.8 Å². The van der Waals surface area contributed by atoms with E-state index in [2.05, 4.69) is 11.4 Å². The van der Waals surface area contributed by atoms with Gasteiger partial charge in [-0.2, -0.15) is 5.26 Å². The summed E-state index contributed by atoms with van der Waals surface area (Å²) >= 11 is 1.65. The number of fused-ring (bicyclic) bond motifs is 1. The molecule has 78 valence electrons. The van der Waals surface area contributed by atoms with Crippen LogP contribution in [0.2, 0.25) is 0 Å². The molecule has 1 aromatic carbocycles. The van der Waals surface area contributed by atoms with E-state index in [0.717, 1.165) is 10.6 Å². The van der Waals surface area contributed by atoms with Crippen LogP contribution < -0.4 is 5.32 Å². The molecule has 15 heavy (non-hydrogen) atoms. The number of rotatable bonds is 1. The highest BCUT2D eigenvalue weighted by molar-refractivity contribution is 8.00. The standard InChI is InChI=1S/C11H11FN2S/c1-7-10(4-5-13)15-11-3-2-8(12)6-9(11)14-7/h2-3,6-7,10,14H,4H2,1H3. The van der Waals surface area contributed by atoms with E-state index in [1.54, 1.807) is 17.8 Å². The smallest absolute Gasteiger partial charge is 0.125 e. The zero-order valence-corrected chi connectivity index (χ0v) is 9.14. The lowest BCUT2D eigenvalue weighted by Gasteiger charge is -2.30. The van der Waals surface area contributed by atoms with Crippen LogP contribution in [-0.4, -0.2) is 11.3 Å². The Balaban J connectivity index is 2.26. The fourth-order valence-electron chi connectivity index (χ4n) is 1.63. The first-order valence-corrected chi connectivity index (χ1v) is 5.68. The molecular weight excluding hydrogens is 211 g/mol. The first kappa shape index (κ1) is 10.3. The summed E-state index contributed by atoms with van der Waals surface area (Å²) in [5, 5.41) is 12.1. The number of thioether (sulfide) groups is 1. The van der Waals surface area contributed by atoms with Crippen LogP contribution in [0.3, 0.4) is 0 Å². The topological polar surface area (TPSA) is 35.8 Å². The van der Waals surface area contributed by atoms with Gasteiger partial charge >= 0.3 is 0 Å². The van der Waals surface area contributed by atoms with E-state index in [1.807, 2.05) is 6.92 Å². The van der Waals surface area contributed by atoms with Gasteiger partial charge in [0.05, 0.1) is 11.8 Å². The van der Waals surface area contributed by atoms with Crippen molar-refractivity contribution in [3.63, 3.8) is 0 Å². The second-order valence-electron chi connectivity index (χ2n) is 3.59. The van der Waals surface area contributed by atoms with Crippen molar-refractivity contribution in [1.82, 2.24) is 0 Å². The Labute approximate surface area is 92.5 Å². The Morgan fingerprint density at radius 2 is 2.40 bits per heavy atom. The molecule has 2 rings (SSSR count). The van der Waals surface area contributed by atoms with Crippen molar-refractivity contribution in [2.24, 2.45) is 0 Å². The summed E-state index contributed by atoms with van der Waals surface area (Å²) in [6.07, 6.45) is 0.510. The van der Waals surface area contributed by atoms with Crippen molar-refractivity contribution in [3.8, 4) is 6.07 Å². The lowest BCUT2D eigenvalue weighted by Crippen LogP contribution is -2.31. The summed E-state index contributed by atoms with van der Waals surface area (Å²) in [5.74, 6) is -0.229. The largest absolute Gasteiger partial charge is 0.380 e. The molecule has 2 nitrogen and oxygen atoms in total. The van der Waals surface area contributed by atoms with E-state index in [-0.39, 0.29) is 17.1 Å². The number of halogens is 1. The molecule has 1 aromatic rings. The summed E-state index contributed by atoms with van der Waals surface area (Å²) < 4.78 is 13.0. The van der Waals surface area contributed by atoms with E-state index in [9.17, 15) is 4.39 Å². The van der Waals surface area contributed by atoms with Crippen molar-refractivity contribution in [2.45, 2.75) is 29.5 Å². The summed E-state index contributed by atoms with van der Waals surface area (Å²) in [5.41, 5.74) is 0.835. The molecule has 2 atom stereocenters. The molecule has 2 unspecified atom stereocenters. The lowest BCUT2D eigenvalue weighted by atomic mass is 10.1. The Morgan fingerprint density at radius 3 is 3.13 bits per heavy atom. The predicted octanol–water partition coefficient (Wildman–Crippen LogP) is 3.01. The van der Waals surface area contributed by atoms with Gasteiger partial charge in [-0.25, -0.2) is 4.39 Å². The molecule has 0 fully saturated rings. The molecule has 4 heteroatoms. The number of anilines is 1. The van der Waals surface area contributed by atoms with Gasteiger partial charge in [0.2, 0.25) is 0 Å². The Hall–Kier alpha value is -1.21. The maximum atomic E-state index is 13.0. The molecule has 0 radical (unpaired) electrons. The first-order chi connectivity index (χ1) is 7.20. The van der Waals surface area contributed by atoms with Crippen molar-refractivity contribution < 1.29 is 4.39 Å². The number of benzene rings is 1. The molecule has 1 aliphatic heterocycles. The lowest BCUT2D eigenvalue weighted by molar-refractivity contribution is 0.625. The highest BCUT2D eigenvalue weighted by Crippen LogP contribution is 2.39. The number of nitriles is 1. The average molecular weight is 222 g/mol. The van der Waals surface area contributed by atoms with Crippen LogP contribution in [0, 0.1) is 17.1 Å². The minimum Gasteiger partial charge on any atom is -0.380 e. The third kappa shape index (κ3) is 2.07. The van der Waals surface area contributed by atoms with Gasteiger partial charge in [0.15, 0.2) is 0 Å². The van der Waals surface area contributed by atoms with Gasteiger partial charge < -0.3 is 5.32 Å². The average Bonchev–Trinajstić information content (AvgIpc) is 2.20. The molecule has 0 bridgehead atoms. The van der Waals surface area contributed by atoms with E-state index >= 15 is 0 Å². The summed E-state index contributed by atoms with van der Waals surface area (Å²) in [7, 11) is 0. The highest BCUT2D eigenvalue weighted by atomic mass is 32.2. The second kappa shape index (κ2) is 4.11. The molecule has 0 spiro atoms. The fourth-order valence-corrected chi connectivity index (χ4v) is 2.78. The van der Waals surface area contributed by atoms with Crippen LogP contribution >= 0.6 is 11.8 Å². The SMILES string of the molecule is CC1Nc2cc(F)ccc2SC1CC#N. The minimum absolute atomic E-state index is 0.198. The number of hydrogen-bond donors (Lipinski definition) is 1. The minimum atomic E-state index is -0.229.